The summed E-state index contributed by atoms with van der Waals surface area (Å²) >= 11 is 1.72. The van der Waals surface area contributed by atoms with Gasteiger partial charge in [-0.05, 0) is 44.2 Å². The van der Waals surface area contributed by atoms with Gasteiger partial charge in [0.1, 0.15) is 5.82 Å². The summed E-state index contributed by atoms with van der Waals surface area (Å²) in [6, 6.07) is 7.91. The highest BCUT2D eigenvalue weighted by Crippen LogP contribution is 2.17. The van der Waals surface area contributed by atoms with Crippen molar-refractivity contribution in [1.29, 1.82) is 0 Å². The largest absolute Gasteiger partial charge is 0.398 e. The summed E-state index contributed by atoms with van der Waals surface area (Å²) < 4.78 is 13.0. The van der Waals surface area contributed by atoms with Crippen LogP contribution in [-0.2, 0) is 6.42 Å². The molecule has 0 saturated heterocycles. The molecule has 3 N–H and O–H groups in total. The van der Waals surface area contributed by atoms with E-state index in [9.17, 15) is 9.18 Å². The van der Waals surface area contributed by atoms with E-state index in [1.807, 2.05) is 6.92 Å². The van der Waals surface area contributed by atoms with Gasteiger partial charge >= 0.3 is 0 Å². The minimum Gasteiger partial charge on any atom is -0.398 e. The van der Waals surface area contributed by atoms with Crippen LogP contribution in [0.3, 0.4) is 0 Å². The van der Waals surface area contributed by atoms with Gasteiger partial charge in [0.15, 0.2) is 0 Å². The van der Waals surface area contributed by atoms with Crippen LogP contribution in [0.15, 0.2) is 30.3 Å². The third kappa shape index (κ3) is 3.57. The zero-order valence-corrected chi connectivity index (χ0v) is 12.3. The molecule has 0 saturated carbocycles. The Morgan fingerprint density at radius 1 is 1.40 bits per heavy atom. The first-order valence-corrected chi connectivity index (χ1v) is 7.18. The minimum absolute atomic E-state index is 0.00926. The zero-order chi connectivity index (χ0) is 14.7. The highest BCUT2D eigenvalue weighted by Gasteiger charge is 2.14. The normalized spacial score (nSPS) is 12.2. The molecule has 0 aliphatic rings. The summed E-state index contributed by atoms with van der Waals surface area (Å²) in [4.78, 5) is 14.5. The maximum atomic E-state index is 13.0. The number of benzene rings is 1. The van der Waals surface area contributed by atoms with Crippen LogP contribution >= 0.6 is 11.3 Å². The van der Waals surface area contributed by atoms with Crippen molar-refractivity contribution in [3.63, 3.8) is 0 Å². The van der Waals surface area contributed by atoms with Gasteiger partial charge in [0.2, 0.25) is 0 Å². The highest BCUT2D eigenvalue weighted by atomic mass is 32.1. The molecular formula is C15H17FN2OS. The van der Waals surface area contributed by atoms with E-state index >= 15 is 0 Å². The second kappa shape index (κ2) is 6.05. The quantitative estimate of drug-likeness (QED) is 0.851. The summed E-state index contributed by atoms with van der Waals surface area (Å²) in [7, 11) is 0. The first-order chi connectivity index (χ1) is 9.45. The molecule has 1 aromatic carbocycles. The minimum atomic E-state index is -0.443. The van der Waals surface area contributed by atoms with Crippen molar-refractivity contribution in [2.45, 2.75) is 26.3 Å². The highest BCUT2D eigenvalue weighted by molar-refractivity contribution is 7.11. The van der Waals surface area contributed by atoms with Crippen LogP contribution in [0.2, 0.25) is 0 Å². The van der Waals surface area contributed by atoms with Crippen molar-refractivity contribution in [2.75, 3.05) is 5.73 Å². The maximum absolute atomic E-state index is 13.0. The van der Waals surface area contributed by atoms with Crippen LogP contribution in [0.25, 0.3) is 0 Å². The summed E-state index contributed by atoms with van der Waals surface area (Å²) in [5.41, 5.74) is 6.12. The molecule has 1 aromatic heterocycles. The van der Waals surface area contributed by atoms with Gasteiger partial charge < -0.3 is 11.1 Å². The predicted molar refractivity (Wildman–Crippen MR) is 80.5 cm³/mol. The third-order valence-corrected chi connectivity index (χ3v) is 3.96. The molecule has 2 rings (SSSR count). The van der Waals surface area contributed by atoms with Crippen LogP contribution in [0, 0.1) is 12.7 Å². The van der Waals surface area contributed by atoms with Gasteiger partial charge in [-0.1, -0.05) is 0 Å². The molecule has 0 fully saturated rings. The smallest absolute Gasteiger partial charge is 0.253 e. The number of amides is 1. The Morgan fingerprint density at radius 3 is 2.75 bits per heavy atom. The summed E-state index contributed by atoms with van der Waals surface area (Å²) in [5, 5.41) is 2.88. The number of carbonyl (C=O) groups is 1. The van der Waals surface area contributed by atoms with E-state index in [0.29, 0.717) is 5.56 Å². The molecule has 1 atom stereocenters. The summed E-state index contributed by atoms with van der Waals surface area (Å²) in [6.07, 6.45) is 0.769. The number of rotatable bonds is 4. The van der Waals surface area contributed by atoms with Gasteiger partial charge in [-0.3, -0.25) is 4.79 Å². The number of thiophene rings is 1. The molecule has 5 heteroatoms. The third-order valence-electron chi connectivity index (χ3n) is 2.94. The molecule has 2 aromatic rings. The van der Waals surface area contributed by atoms with Gasteiger partial charge in [0, 0.05) is 27.9 Å². The Kier molecular flexibility index (Phi) is 4.39. The fraction of sp³-hybridized carbons (Fsp3) is 0.267. The maximum Gasteiger partial charge on any atom is 0.253 e. The van der Waals surface area contributed by atoms with Gasteiger partial charge in [-0.25, -0.2) is 4.39 Å². The Hall–Kier alpha value is -1.88. The number of halogens is 1. The summed E-state index contributed by atoms with van der Waals surface area (Å²) in [5.74, 6) is -0.718. The lowest BCUT2D eigenvalue weighted by atomic mass is 10.1. The molecule has 0 spiro atoms. The second-order valence-electron chi connectivity index (χ2n) is 4.82. The fourth-order valence-corrected chi connectivity index (χ4v) is 3.01. The Balaban J connectivity index is 2.00. The number of hydrogen-bond donors (Lipinski definition) is 2. The average Bonchev–Trinajstić information content (AvgIpc) is 2.74. The standard InChI is InChI=1S/C15H17FN2OS/c1-9(7-12-5-3-10(2)20-12)18-15(19)13-6-4-11(16)8-14(13)17/h3-6,8-9H,7,17H2,1-2H3,(H,18,19). The lowest BCUT2D eigenvalue weighted by Crippen LogP contribution is -2.34. The van der Waals surface area contributed by atoms with Crippen molar-refractivity contribution in [3.8, 4) is 0 Å². The van der Waals surface area contributed by atoms with E-state index in [0.717, 1.165) is 12.5 Å². The predicted octanol–water partition coefficient (Wildman–Crippen LogP) is 3.14. The number of hydrogen-bond acceptors (Lipinski definition) is 3. The van der Waals surface area contributed by atoms with Gasteiger partial charge in [0.25, 0.3) is 5.91 Å². The van der Waals surface area contributed by atoms with E-state index in [-0.39, 0.29) is 17.6 Å². The van der Waals surface area contributed by atoms with Crippen molar-refractivity contribution >= 4 is 22.9 Å². The Bertz CT molecular complexity index is 624. The van der Waals surface area contributed by atoms with Crippen LogP contribution in [0.5, 0.6) is 0 Å². The molecule has 1 heterocycles. The van der Waals surface area contributed by atoms with Crippen molar-refractivity contribution in [2.24, 2.45) is 0 Å². The number of nitrogen functional groups attached to an aromatic ring is 1. The molecule has 106 valence electrons. The first kappa shape index (κ1) is 14.5. The monoisotopic (exact) mass is 292 g/mol. The van der Waals surface area contributed by atoms with E-state index in [1.165, 1.54) is 21.9 Å². The molecule has 1 unspecified atom stereocenters. The van der Waals surface area contributed by atoms with Crippen LogP contribution < -0.4 is 11.1 Å². The number of aryl methyl sites for hydroxylation is 1. The lowest BCUT2D eigenvalue weighted by molar-refractivity contribution is 0.0941. The number of anilines is 1. The molecular weight excluding hydrogens is 275 g/mol. The molecule has 0 bridgehead atoms. The SMILES string of the molecule is Cc1ccc(CC(C)NC(=O)c2ccc(F)cc2N)s1. The molecule has 0 aliphatic carbocycles. The zero-order valence-electron chi connectivity index (χ0n) is 11.4. The van der Waals surface area contributed by atoms with Crippen molar-refractivity contribution < 1.29 is 9.18 Å². The molecule has 0 radical (unpaired) electrons. The van der Waals surface area contributed by atoms with Crippen LogP contribution in [0.1, 0.15) is 27.0 Å². The molecule has 3 nitrogen and oxygen atoms in total. The van der Waals surface area contributed by atoms with Crippen LogP contribution in [-0.4, -0.2) is 11.9 Å². The Labute approximate surface area is 121 Å². The topological polar surface area (TPSA) is 55.1 Å². The van der Waals surface area contributed by atoms with E-state index in [4.69, 9.17) is 5.73 Å². The second-order valence-corrected chi connectivity index (χ2v) is 6.20. The van der Waals surface area contributed by atoms with Crippen molar-refractivity contribution in [1.82, 2.24) is 5.32 Å². The van der Waals surface area contributed by atoms with E-state index in [2.05, 4.69) is 24.4 Å². The van der Waals surface area contributed by atoms with E-state index < -0.39 is 5.82 Å². The van der Waals surface area contributed by atoms with Crippen LogP contribution in [0.4, 0.5) is 10.1 Å². The molecule has 1 amide bonds. The molecule has 0 aliphatic heterocycles. The number of nitrogens with two attached hydrogens (primary N) is 1. The van der Waals surface area contributed by atoms with E-state index in [1.54, 1.807) is 11.3 Å². The first-order valence-electron chi connectivity index (χ1n) is 6.37. The Morgan fingerprint density at radius 2 is 2.15 bits per heavy atom. The van der Waals surface area contributed by atoms with Gasteiger partial charge in [0.05, 0.1) is 5.56 Å². The van der Waals surface area contributed by atoms with Gasteiger partial charge in [-0.2, -0.15) is 0 Å². The van der Waals surface area contributed by atoms with Gasteiger partial charge in [-0.15, -0.1) is 11.3 Å². The number of nitrogens with one attached hydrogen (secondary N) is 1. The fourth-order valence-electron chi connectivity index (χ4n) is 1.99. The average molecular weight is 292 g/mol. The number of carbonyl (C=O) groups excluding carboxylic acids is 1. The molecule has 20 heavy (non-hydrogen) atoms. The summed E-state index contributed by atoms with van der Waals surface area (Å²) in [6.45, 7) is 3.99. The van der Waals surface area contributed by atoms with Crippen molar-refractivity contribution in [3.05, 3.63) is 51.5 Å². The lowest BCUT2D eigenvalue weighted by Gasteiger charge is -2.14.